The lowest BCUT2D eigenvalue weighted by Gasteiger charge is -1.95. The molecule has 0 radical (unpaired) electrons. The summed E-state index contributed by atoms with van der Waals surface area (Å²) in [7, 11) is 0. The molecule has 0 aliphatic heterocycles. The highest BCUT2D eigenvalue weighted by molar-refractivity contribution is 5.78. The Kier molecular flexibility index (Phi) is 2.82. The minimum atomic E-state index is 0.0706. The van der Waals surface area contributed by atoms with Crippen molar-refractivity contribution >= 4 is 5.84 Å². The van der Waals surface area contributed by atoms with Crippen LogP contribution in [0.4, 0.5) is 0 Å². The van der Waals surface area contributed by atoms with Crippen LogP contribution in [0.15, 0.2) is 12.3 Å². The van der Waals surface area contributed by atoms with Gasteiger partial charge in [-0.15, -0.1) is 0 Å². The van der Waals surface area contributed by atoms with E-state index in [-0.39, 0.29) is 12.4 Å². The normalized spacial score (nSPS) is 10.1. The maximum atomic E-state index is 8.58. The summed E-state index contributed by atoms with van der Waals surface area (Å²) < 4.78 is 1.62. The van der Waals surface area contributed by atoms with E-state index in [0.29, 0.717) is 13.0 Å². The van der Waals surface area contributed by atoms with Gasteiger partial charge in [0.15, 0.2) is 0 Å². The van der Waals surface area contributed by atoms with Crippen LogP contribution in [0.25, 0.3) is 0 Å². The van der Waals surface area contributed by atoms with Crippen LogP contribution in [0.3, 0.4) is 0 Å². The summed E-state index contributed by atoms with van der Waals surface area (Å²) in [5.41, 5.74) is 5.95. The molecule has 1 aromatic rings. The van der Waals surface area contributed by atoms with Crippen molar-refractivity contribution in [3.05, 3.63) is 18.0 Å². The summed E-state index contributed by atoms with van der Waals surface area (Å²) >= 11 is 0. The number of aromatic nitrogens is 2. The number of nitrogens with two attached hydrogens (primary N) is 1. The smallest absolute Gasteiger partial charge is 0.0966 e. The van der Waals surface area contributed by atoms with Gasteiger partial charge >= 0.3 is 0 Å². The zero-order valence-electron chi connectivity index (χ0n) is 6.70. The molecule has 0 aliphatic rings. The SMILES string of the molecule is N=C(N)Cc1ccn(CCO)n1. The predicted molar refractivity (Wildman–Crippen MR) is 44.9 cm³/mol. The van der Waals surface area contributed by atoms with Crippen LogP contribution >= 0.6 is 0 Å². The molecule has 0 spiro atoms. The third-order valence-electron chi connectivity index (χ3n) is 1.40. The fourth-order valence-corrected chi connectivity index (χ4v) is 0.920. The van der Waals surface area contributed by atoms with Crippen LogP contribution in [0, 0.1) is 5.41 Å². The zero-order valence-corrected chi connectivity index (χ0v) is 6.70. The largest absolute Gasteiger partial charge is 0.394 e. The molecule has 0 fully saturated rings. The number of hydrogen-bond donors (Lipinski definition) is 3. The minimum absolute atomic E-state index is 0.0706. The van der Waals surface area contributed by atoms with Gasteiger partial charge in [0, 0.05) is 12.6 Å². The first-order chi connectivity index (χ1) is 5.72. The highest BCUT2D eigenvalue weighted by atomic mass is 16.3. The van der Waals surface area contributed by atoms with Gasteiger partial charge in [-0.25, -0.2) is 0 Å². The minimum Gasteiger partial charge on any atom is -0.394 e. The number of nitrogens with one attached hydrogen (secondary N) is 1. The number of aliphatic hydroxyl groups excluding tert-OH is 1. The molecule has 0 saturated heterocycles. The lowest BCUT2D eigenvalue weighted by Crippen LogP contribution is -2.13. The molecule has 0 unspecified atom stereocenters. The molecule has 66 valence electrons. The van der Waals surface area contributed by atoms with Crippen LogP contribution in [0.5, 0.6) is 0 Å². The van der Waals surface area contributed by atoms with Crippen LogP contribution < -0.4 is 5.73 Å². The molecule has 1 heterocycles. The highest BCUT2D eigenvalue weighted by Gasteiger charge is 1.99. The van der Waals surface area contributed by atoms with Crippen molar-refractivity contribution in [3.63, 3.8) is 0 Å². The van der Waals surface area contributed by atoms with Crippen molar-refractivity contribution in [1.29, 1.82) is 5.41 Å². The lowest BCUT2D eigenvalue weighted by molar-refractivity contribution is 0.269. The number of aliphatic hydroxyl groups is 1. The van der Waals surface area contributed by atoms with Gasteiger partial charge in [0.1, 0.15) is 0 Å². The third kappa shape index (κ3) is 2.35. The van der Waals surface area contributed by atoms with E-state index >= 15 is 0 Å². The molecule has 5 nitrogen and oxygen atoms in total. The Hall–Kier alpha value is -1.36. The summed E-state index contributed by atoms with van der Waals surface area (Å²) in [4.78, 5) is 0. The summed E-state index contributed by atoms with van der Waals surface area (Å²) in [6.07, 6.45) is 2.13. The fourth-order valence-electron chi connectivity index (χ4n) is 0.920. The summed E-state index contributed by atoms with van der Waals surface area (Å²) in [6.45, 7) is 0.555. The van der Waals surface area contributed by atoms with E-state index in [1.165, 1.54) is 0 Å². The standard InChI is InChI=1S/C7H12N4O/c8-7(9)5-6-1-2-11(10-6)3-4-12/h1-2,12H,3-5H2,(H3,8,9). The molecular formula is C7H12N4O. The van der Waals surface area contributed by atoms with Crippen LogP contribution in [-0.2, 0) is 13.0 Å². The molecule has 0 amide bonds. The first-order valence-corrected chi connectivity index (χ1v) is 3.68. The number of hydrogen-bond acceptors (Lipinski definition) is 3. The second-order valence-electron chi connectivity index (χ2n) is 2.50. The predicted octanol–water partition coefficient (Wildman–Crippen LogP) is -0.646. The molecule has 4 N–H and O–H groups in total. The third-order valence-corrected chi connectivity index (χ3v) is 1.40. The van der Waals surface area contributed by atoms with Gasteiger partial charge in [0.25, 0.3) is 0 Å². The Morgan fingerprint density at radius 3 is 3.08 bits per heavy atom. The first kappa shape index (κ1) is 8.73. The molecule has 0 aliphatic carbocycles. The molecule has 0 atom stereocenters. The van der Waals surface area contributed by atoms with E-state index in [1.807, 2.05) is 0 Å². The van der Waals surface area contributed by atoms with Gasteiger partial charge in [-0.1, -0.05) is 0 Å². The fraction of sp³-hybridized carbons (Fsp3) is 0.429. The van der Waals surface area contributed by atoms with E-state index in [1.54, 1.807) is 16.9 Å². The summed E-state index contributed by atoms with van der Waals surface area (Å²) in [5, 5.41) is 19.7. The highest BCUT2D eigenvalue weighted by Crippen LogP contribution is 1.95. The molecular weight excluding hydrogens is 156 g/mol. The van der Waals surface area contributed by atoms with E-state index in [2.05, 4.69) is 5.10 Å². The molecule has 12 heavy (non-hydrogen) atoms. The lowest BCUT2D eigenvalue weighted by atomic mass is 10.3. The maximum absolute atomic E-state index is 8.58. The van der Waals surface area contributed by atoms with Crippen molar-refractivity contribution < 1.29 is 5.11 Å². The number of rotatable bonds is 4. The van der Waals surface area contributed by atoms with Crippen molar-refractivity contribution in [2.45, 2.75) is 13.0 Å². The summed E-state index contributed by atoms with van der Waals surface area (Å²) in [5.74, 6) is 0.101. The van der Waals surface area contributed by atoms with Gasteiger partial charge in [-0.2, -0.15) is 5.10 Å². The van der Waals surface area contributed by atoms with Crippen LogP contribution in [0.1, 0.15) is 5.69 Å². The van der Waals surface area contributed by atoms with E-state index in [4.69, 9.17) is 16.2 Å². The number of amidine groups is 1. The average molecular weight is 168 g/mol. The molecule has 5 heteroatoms. The van der Waals surface area contributed by atoms with Crippen molar-refractivity contribution in [2.24, 2.45) is 5.73 Å². The van der Waals surface area contributed by atoms with Gasteiger partial charge < -0.3 is 10.8 Å². The Morgan fingerprint density at radius 2 is 2.50 bits per heavy atom. The second kappa shape index (κ2) is 3.87. The zero-order chi connectivity index (χ0) is 8.97. The molecule has 1 aromatic heterocycles. The average Bonchev–Trinajstić information content (AvgIpc) is 2.36. The molecule has 0 aromatic carbocycles. The quantitative estimate of drug-likeness (QED) is 0.412. The van der Waals surface area contributed by atoms with Gasteiger partial charge in [-0.05, 0) is 6.07 Å². The van der Waals surface area contributed by atoms with Crippen molar-refractivity contribution in [2.75, 3.05) is 6.61 Å². The Balaban J connectivity index is 2.58. The Bertz CT molecular complexity index is 268. The van der Waals surface area contributed by atoms with Gasteiger partial charge in [-0.3, -0.25) is 10.1 Å². The Morgan fingerprint density at radius 1 is 1.75 bits per heavy atom. The molecule has 1 rings (SSSR count). The van der Waals surface area contributed by atoms with Crippen molar-refractivity contribution in [3.8, 4) is 0 Å². The van der Waals surface area contributed by atoms with Crippen molar-refractivity contribution in [1.82, 2.24) is 9.78 Å². The topological polar surface area (TPSA) is 87.9 Å². The molecule has 0 saturated carbocycles. The molecule has 0 bridgehead atoms. The summed E-state index contributed by atoms with van der Waals surface area (Å²) in [6, 6.07) is 1.79. The van der Waals surface area contributed by atoms with E-state index < -0.39 is 0 Å². The van der Waals surface area contributed by atoms with E-state index in [9.17, 15) is 0 Å². The maximum Gasteiger partial charge on any atom is 0.0966 e. The van der Waals surface area contributed by atoms with Crippen LogP contribution in [0.2, 0.25) is 0 Å². The Labute approximate surface area is 70.3 Å². The van der Waals surface area contributed by atoms with Gasteiger partial charge in [0.2, 0.25) is 0 Å². The second-order valence-corrected chi connectivity index (χ2v) is 2.50. The van der Waals surface area contributed by atoms with Crippen LogP contribution in [-0.4, -0.2) is 27.3 Å². The first-order valence-electron chi connectivity index (χ1n) is 3.68. The monoisotopic (exact) mass is 168 g/mol. The van der Waals surface area contributed by atoms with E-state index in [0.717, 1.165) is 5.69 Å². The number of nitrogens with zero attached hydrogens (tertiary/aromatic N) is 2. The van der Waals surface area contributed by atoms with Gasteiger partial charge in [0.05, 0.1) is 24.7 Å².